The van der Waals surface area contributed by atoms with Crippen LogP contribution in [-0.2, 0) is 13.1 Å². The molecule has 1 fully saturated rings. The van der Waals surface area contributed by atoms with Gasteiger partial charge in [-0.25, -0.2) is 0 Å². The average Bonchev–Trinajstić information content (AvgIpc) is 2.96. The third kappa shape index (κ3) is 2.75. The first-order valence-electron chi connectivity index (χ1n) is 7.23. The van der Waals surface area contributed by atoms with E-state index in [4.69, 9.17) is 0 Å². The molecule has 1 aromatic rings. The van der Waals surface area contributed by atoms with Crippen molar-refractivity contribution >= 4 is 0 Å². The van der Waals surface area contributed by atoms with E-state index < -0.39 is 0 Å². The largest absolute Gasteiger partial charge is 0.303 e. The molecule has 0 amide bonds. The van der Waals surface area contributed by atoms with Crippen LogP contribution in [0.15, 0.2) is 12.3 Å². The van der Waals surface area contributed by atoms with Gasteiger partial charge in [-0.2, -0.15) is 5.10 Å². The van der Waals surface area contributed by atoms with E-state index in [2.05, 4.69) is 32.7 Å². The Kier molecular flexibility index (Phi) is 3.66. The first kappa shape index (κ1) is 12.2. The molecule has 18 heavy (non-hydrogen) atoms. The number of likely N-dealkylation sites (tertiary alicyclic amines) is 1. The normalized spacial score (nSPS) is 26.2. The van der Waals surface area contributed by atoms with Crippen LogP contribution >= 0.6 is 0 Å². The van der Waals surface area contributed by atoms with Crippen LogP contribution in [0.25, 0.3) is 0 Å². The summed E-state index contributed by atoms with van der Waals surface area (Å²) < 4.78 is 2.21. The van der Waals surface area contributed by atoms with E-state index in [1.807, 2.05) is 6.20 Å². The molecule has 0 aromatic carbocycles. The maximum atomic E-state index is 4.46. The van der Waals surface area contributed by atoms with Crippen molar-refractivity contribution in [2.75, 3.05) is 33.2 Å². The van der Waals surface area contributed by atoms with E-state index in [0.29, 0.717) is 0 Å². The van der Waals surface area contributed by atoms with E-state index in [0.717, 1.165) is 19.0 Å². The molecule has 0 spiro atoms. The SMILES string of the molecule is CN1Cc2ccnn2CC(CCN2CCCC2)C1. The number of aromatic nitrogens is 2. The van der Waals surface area contributed by atoms with Gasteiger partial charge in [-0.1, -0.05) is 0 Å². The first-order chi connectivity index (χ1) is 8.81. The molecule has 3 heterocycles. The number of fused-ring (bicyclic) bond motifs is 1. The molecule has 1 unspecified atom stereocenters. The molecule has 1 atom stereocenters. The number of nitrogens with zero attached hydrogens (tertiary/aromatic N) is 4. The second-order valence-corrected chi connectivity index (χ2v) is 5.90. The minimum atomic E-state index is 0.747. The van der Waals surface area contributed by atoms with Crippen molar-refractivity contribution in [3.8, 4) is 0 Å². The standard InChI is InChI=1S/C14H24N4/c1-16-10-13(5-9-17-7-2-3-8-17)11-18-14(12-16)4-6-15-18/h4,6,13H,2-3,5,7-12H2,1H3. The summed E-state index contributed by atoms with van der Waals surface area (Å²) >= 11 is 0. The molecular weight excluding hydrogens is 224 g/mol. The van der Waals surface area contributed by atoms with Gasteiger partial charge in [-0.05, 0) is 57.9 Å². The van der Waals surface area contributed by atoms with E-state index in [1.165, 1.54) is 51.1 Å². The lowest BCUT2D eigenvalue weighted by Crippen LogP contribution is -2.28. The van der Waals surface area contributed by atoms with Crippen molar-refractivity contribution in [3.05, 3.63) is 18.0 Å². The summed E-state index contributed by atoms with van der Waals surface area (Å²) in [7, 11) is 2.23. The molecule has 4 nitrogen and oxygen atoms in total. The van der Waals surface area contributed by atoms with Crippen molar-refractivity contribution in [1.82, 2.24) is 19.6 Å². The van der Waals surface area contributed by atoms with Crippen LogP contribution in [0.1, 0.15) is 25.0 Å². The van der Waals surface area contributed by atoms with Gasteiger partial charge in [0.15, 0.2) is 0 Å². The van der Waals surface area contributed by atoms with Gasteiger partial charge in [0.1, 0.15) is 0 Å². The summed E-state index contributed by atoms with van der Waals surface area (Å²) in [6, 6.07) is 2.15. The quantitative estimate of drug-likeness (QED) is 0.809. The second-order valence-electron chi connectivity index (χ2n) is 5.90. The number of rotatable bonds is 3. The summed E-state index contributed by atoms with van der Waals surface area (Å²) in [6.45, 7) is 7.25. The second kappa shape index (κ2) is 5.41. The Hall–Kier alpha value is -0.870. The molecule has 0 N–H and O–H groups in total. The van der Waals surface area contributed by atoms with Gasteiger partial charge in [-0.3, -0.25) is 4.68 Å². The monoisotopic (exact) mass is 248 g/mol. The Morgan fingerprint density at radius 2 is 2.11 bits per heavy atom. The summed E-state index contributed by atoms with van der Waals surface area (Å²) in [4.78, 5) is 5.06. The molecule has 0 radical (unpaired) electrons. The van der Waals surface area contributed by atoms with Crippen LogP contribution < -0.4 is 0 Å². The molecule has 0 saturated carbocycles. The fraction of sp³-hybridized carbons (Fsp3) is 0.786. The Balaban J connectivity index is 1.58. The zero-order chi connectivity index (χ0) is 12.4. The highest BCUT2D eigenvalue weighted by Gasteiger charge is 2.21. The Bertz CT molecular complexity index is 381. The number of hydrogen-bond donors (Lipinski definition) is 0. The molecule has 100 valence electrons. The lowest BCUT2D eigenvalue weighted by atomic mass is 10.1. The smallest absolute Gasteiger partial charge is 0.0524 e. The van der Waals surface area contributed by atoms with Gasteiger partial charge in [0.2, 0.25) is 0 Å². The van der Waals surface area contributed by atoms with Crippen molar-refractivity contribution in [2.24, 2.45) is 5.92 Å². The minimum Gasteiger partial charge on any atom is -0.303 e. The lowest BCUT2D eigenvalue weighted by Gasteiger charge is -2.22. The van der Waals surface area contributed by atoms with Crippen LogP contribution in [0.4, 0.5) is 0 Å². The third-order valence-electron chi connectivity index (χ3n) is 4.29. The topological polar surface area (TPSA) is 24.3 Å². The summed E-state index contributed by atoms with van der Waals surface area (Å²) in [6.07, 6.45) is 6.04. The fourth-order valence-electron chi connectivity index (χ4n) is 3.30. The van der Waals surface area contributed by atoms with Gasteiger partial charge in [0, 0.05) is 25.8 Å². The predicted octanol–water partition coefficient (Wildman–Crippen LogP) is 1.43. The van der Waals surface area contributed by atoms with Crippen molar-refractivity contribution in [1.29, 1.82) is 0 Å². The molecular formula is C14H24N4. The van der Waals surface area contributed by atoms with Crippen LogP contribution in [0, 0.1) is 5.92 Å². The third-order valence-corrected chi connectivity index (χ3v) is 4.29. The average molecular weight is 248 g/mol. The van der Waals surface area contributed by atoms with Crippen LogP contribution in [0.2, 0.25) is 0 Å². The Morgan fingerprint density at radius 3 is 2.94 bits per heavy atom. The Labute approximate surface area is 110 Å². The zero-order valence-corrected chi connectivity index (χ0v) is 11.4. The van der Waals surface area contributed by atoms with E-state index >= 15 is 0 Å². The molecule has 4 heteroatoms. The van der Waals surface area contributed by atoms with Gasteiger partial charge in [0.25, 0.3) is 0 Å². The van der Waals surface area contributed by atoms with Gasteiger partial charge in [-0.15, -0.1) is 0 Å². The molecule has 2 aliphatic heterocycles. The maximum absolute atomic E-state index is 4.46. The van der Waals surface area contributed by atoms with Crippen LogP contribution in [-0.4, -0.2) is 52.8 Å². The highest BCUT2D eigenvalue weighted by molar-refractivity contribution is 5.01. The van der Waals surface area contributed by atoms with E-state index in [-0.39, 0.29) is 0 Å². The highest BCUT2D eigenvalue weighted by atomic mass is 15.3. The van der Waals surface area contributed by atoms with E-state index in [9.17, 15) is 0 Å². The van der Waals surface area contributed by atoms with Crippen molar-refractivity contribution in [2.45, 2.75) is 32.4 Å². The lowest BCUT2D eigenvalue weighted by molar-refractivity contribution is 0.235. The van der Waals surface area contributed by atoms with Crippen LogP contribution in [0.5, 0.6) is 0 Å². The number of hydrogen-bond acceptors (Lipinski definition) is 3. The zero-order valence-electron chi connectivity index (χ0n) is 11.4. The maximum Gasteiger partial charge on any atom is 0.0524 e. The molecule has 2 aliphatic rings. The summed E-state index contributed by atoms with van der Waals surface area (Å²) in [5, 5.41) is 4.46. The fourth-order valence-corrected chi connectivity index (χ4v) is 3.30. The minimum absolute atomic E-state index is 0.747. The molecule has 0 aliphatic carbocycles. The first-order valence-corrected chi connectivity index (χ1v) is 7.23. The summed E-state index contributed by atoms with van der Waals surface area (Å²) in [5.74, 6) is 0.747. The van der Waals surface area contributed by atoms with Crippen molar-refractivity contribution in [3.63, 3.8) is 0 Å². The van der Waals surface area contributed by atoms with Gasteiger partial charge in [0.05, 0.1) is 5.69 Å². The van der Waals surface area contributed by atoms with Crippen LogP contribution in [0.3, 0.4) is 0 Å². The highest BCUT2D eigenvalue weighted by Crippen LogP contribution is 2.18. The molecule has 1 aromatic heterocycles. The predicted molar refractivity (Wildman–Crippen MR) is 72.3 cm³/mol. The molecule has 3 rings (SSSR count). The van der Waals surface area contributed by atoms with Crippen molar-refractivity contribution < 1.29 is 0 Å². The van der Waals surface area contributed by atoms with Gasteiger partial charge >= 0.3 is 0 Å². The summed E-state index contributed by atoms with van der Waals surface area (Å²) in [5.41, 5.74) is 1.36. The molecule has 1 saturated heterocycles. The van der Waals surface area contributed by atoms with E-state index in [1.54, 1.807) is 0 Å². The Morgan fingerprint density at radius 1 is 1.28 bits per heavy atom. The molecule has 0 bridgehead atoms. The van der Waals surface area contributed by atoms with Gasteiger partial charge < -0.3 is 9.80 Å².